The van der Waals surface area contributed by atoms with E-state index in [9.17, 15) is 9.18 Å². The molecule has 1 aliphatic heterocycles. The van der Waals surface area contributed by atoms with Crippen LogP contribution >= 0.6 is 0 Å². The van der Waals surface area contributed by atoms with Crippen LogP contribution in [0.2, 0.25) is 0 Å². The number of benzene rings is 1. The van der Waals surface area contributed by atoms with Crippen LogP contribution in [0, 0.1) is 5.82 Å². The molecule has 1 saturated heterocycles. The Morgan fingerprint density at radius 2 is 2.25 bits per heavy atom. The summed E-state index contributed by atoms with van der Waals surface area (Å²) >= 11 is 0. The molecule has 0 radical (unpaired) electrons. The third kappa shape index (κ3) is 3.28. The molecule has 1 saturated carbocycles. The summed E-state index contributed by atoms with van der Waals surface area (Å²) in [5.74, 6) is -0.187. The highest BCUT2D eigenvalue weighted by molar-refractivity contribution is 5.82. The summed E-state index contributed by atoms with van der Waals surface area (Å²) in [4.78, 5) is 13.7. The fourth-order valence-electron chi connectivity index (χ4n) is 2.56. The van der Waals surface area contributed by atoms with Crippen LogP contribution in [0.25, 0.3) is 0 Å². The lowest BCUT2D eigenvalue weighted by Gasteiger charge is -2.24. The molecule has 4 nitrogen and oxygen atoms in total. The van der Waals surface area contributed by atoms with Crippen LogP contribution in [-0.4, -0.2) is 31.6 Å². The molecule has 108 valence electrons. The Bertz CT molecular complexity index is 502. The molecule has 0 aromatic heterocycles. The number of hydrogen-bond donors (Lipinski definition) is 2. The van der Waals surface area contributed by atoms with Gasteiger partial charge in [-0.1, -0.05) is 0 Å². The van der Waals surface area contributed by atoms with E-state index in [0.29, 0.717) is 25.7 Å². The van der Waals surface area contributed by atoms with E-state index in [0.717, 1.165) is 24.2 Å². The first-order valence-corrected chi connectivity index (χ1v) is 7.26. The minimum Gasteiger partial charge on any atom is -0.362 e. The Balaban J connectivity index is 1.80. The van der Waals surface area contributed by atoms with Crippen molar-refractivity contribution in [2.24, 2.45) is 0 Å². The number of anilines is 1. The normalized spacial score (nSPS) is 19.6. The van der Waals surface area contributed by atoms with Crippen molar-refractivity contribution in [2.45, 2.75) is 31.8 Å². The van der Waals surface area contributed by atoms with Crippen LogP contribution in [0.4, 0.5) is 10.1 Å². The summed E-state index contributed by atoms with van der Waals surface area (Å²) in [6.45, 7) is 2.55. The molecule has 1 aromatic carbocycles. The number of carbonyl (C=O) groups excluding carboxylic acids is 1. The number of amides is 1. The first-order valence-electron chi connectivity index (χ1n) is 7.26. The van der Waals surface area contributed by atoms with Gasteiger partial charge in [0.1, 0.15) is 5.82 Å². The third-order valence-corrected chi connectivity index (χ3v) is 3.80. The van der Waals surface area contributed by atoms with E-state index in [1.165, 1.54) is 18.9 Å². The molecule has 20 heavy (non-hydrogen) atoms. The number of hydrogen-bond acceptors (Lipinski definition) is 3. The van der Waals surface area contributed by atoms with Crippen LogP contribution in [0.3, 0.4) is 0 Å². The molecule has 1 aliphatic carbocycles. The van der Waals surface area contributed by atoms with E-state index >= 15 is 0 Å². The third-order valence-electron chi connectivity index (χ3n) is 3.80. The van der Waals surface area contributed by atoms with E-state index in [2.05, 4.69) is 10.6 Å². The van der Waals surface area contributed by atoms with Crippen LogP contribution in [0.15, 0.2) is 18.2 Å². The minimum absolute atomic E-state index is 0.0351. The van der Waals surface area contributed by atoms with Gasteiger partial charge in [-0.3, -0.25) is 4.79 Å². The summed E-state index contributed by atoms with van der Waals surface area (Å²) in [5, 5.41) is 6.28. The highest BCUT2D eigenvalue weighted by atomic mass is 19.1. The number of rotatable bonds is 4. The quantitative estimate of drug-likeness (QED) is 0.874. The number of nitrogens with one attached hydrogen (secondary N) is 2. The summed E-state index contributed by atoms with van der Waals surface area (Å²) in [6.07, 6.45) is 3.33. The van der Waals surface area contributed by atoms with E-state index in [-0.39, 0.29) is 11.7 Å². The highest BCUT2D eigenvalue weighted by Crippen LogP contribution is 2.25. The highest BCUT2D eigenvalue weighted by Gasteiger charge is 2.22. The van der Waals surface area contributed by atoms with E-state index in [1.807, 2.05) is 4.90 Å². The van der Waals surface area contributed by atoms with Gasteiger partial charge in [-0.05, 0) is 43.0 Å². The molecule has 0 atom stereocenters. The second-order valence-corrected chi connectivity index (χ2v) is 5.55. The topological polar surface area (TPSA) is 44.4 Å². The zero-order valence-electron chi connectivity index (χ0n) is 11.5. The molecule has 1 heterocycles. The predicted octanol–water partition coefficient (Wildman–Crippen LogP) is 1.40. The summed E-state index contributed by atoms with van der Waals surface area (Å²) in [7, 11) is 0. The second-order valence-electron chi connectivity index (χ2n) is 5.55. The van der Waals surface area contributed by atoms with Gasteiger partial charge in [-0.2, -0.15) is 0 Å². The maximum atomic E-state index is 13.5. The standard InChI is InChI=1S/C15H20FN3O/c16-12-2-5-14(11(8-12)9-18-13-3-4-13)19-7-1-6-17-15(20)10-19/h2,5,8,13,18H,1,3-4,6-7,9-10H2,(H,17,20). The van der Waals surface area contributed by atoms with Crippen molar-refractivity contribution >= 4 is 11.6 Å². The van der Waals surface area contributed by atoms with Crippen LogP contribution in [-0.2, 0) is 11.3 Å². The summed E-state index contributed by atoms with van der Waals surface area (Å²) in [6, 6.07) is 5.42. The Hall–Kier alpha value is -1.62. The first kappa shape index (κ1) is 13.4. The van der Waals surface area contributed by atoms with Gasteiger partial charge in [-0.15, -0.1) is 0 Å². The molecule has 2 N–H and O–H groups in total. The maximum absolute atomic E-state index is 13.5. The van der Waals surface area contributed by atoms with Crippen molar-refractivity contribution in [3.05, 3.63) is 29.6 Å². The van der Waals surface area contributed by atoms with Crippen molar-refractivity contribution in [1.29, 1.82) is 0 Å². The molecular formula is C15H20FN3O. The van der Waals surface area contributed by atoms with Crippen LogP contribution < -0.4 is 15.5 Å². The zero-order chi connectivity index (χ0) is 13.9. The molecule has 0 unspecified atom stereocenters. The SMILES string of the molecule is O=C1CN(c2ccc(F)cc2CNC2CC2)CCCN1. The van der Waals surface area contributed by atoms with Crippen molar-refractivity contribution in [3.63, 3.8) is 0 Å². The second kappa shape index (κ2) is 5.79. The minimum atomic E-state index is -0.222. The monoisotopic (exact) mass is 277 g/mol. The maximum Gasteiger partial charge on any atom is 0.239 e. The molecular weight excluding hydrogens is 257 g/mol. The van der Waals surface area contributed by atoms with Gasteiger partial charge in [0, 0.05) is 31.4 Å². The molecule has 1 amide bonds. The molecule has 3 rings (SSSR count). The Labute approximate surface area is 118 Å². The number of carbonyl (C=O) groups is 1. The average molecular weight is 277 g/mol. The van der Waals surface area contributed by atoms with E-state index in [4.69, 9.17) is 0 Å². The van der Waals surface area contributed by atoms with E-state index in [1.54, 1.807) is 12.1 Å². The van der Waals surface area contributed by atoms with Crippen molar-refractivity contribution < 1.29 is 9.18 Å². The lowest BCUT2D eigenvalue weighted by atomic mass is 10.1. The van der Waals surface area contributed by atoms with Crippen molar-refractivity contribution in [1.82, 2.24) is 10.6 Å². The van der Waals surface area contributed by atoms with E-state index < -0.39 is 0 Å². The van der Waals surface area contributed by atoms with Crippen molar-refractivity contribution in [3.8, 4) is 0 Å². The van der Waals surface area contributed by atoms with Crippen LogP contribution in [0.1, 0.15) is 24.8 Å². The molecule has 2 aliphatic rings. The lowest BCUT2D eigenvalue weighted by molar-refractivity contribution is -0.119. The molecule has 2 fully saturated rings. The Morgan fingerprint density at radius 3 is 3.05 bits per heavy atom. The molecule has 1 aromatic rings. The first-order chi connectivity index (χ1) is 9.72. The predicted molar refractivity (Wildman–Crippen MR) is 76.1 cm³/mol. The van der Waals surface area contributed by atoms with Crippen LogP contribution in [0.5, 0.6) is 0 Å². The molecule has 0 spiro atoms. The van der Waals surface area contributed by atoms with Gasteiger partial charge in [0.15, 0.2) is 0 Å². The lowest BCUT2D eigenvalue weighted by Crippen LogP contribution is -2.34. The van der Waals surface area contributed by atoms with Crippen molar-refractivity contribution in [2.75, 3.05) is 24.5 Å². The number of halogens is 1. The van der Waals surface area contributed by atoms with Gasteiger partial charge >= 0.3 is 0 Å². The summed E-state index contributed by atoms with van der Waals surface area (Å²) in [5.41, 5.74) is 1.91. The number of nitrogens with zero attached hydrogens (tertiary/aromatic N) is 1. The Morgan fingerprint density at radius 1 is 1.40 bits per heavy atom. The average Bonchev–Trinajstić information content (AvgIpc) is 3.24. The zero-order valence-corrected chi connectivity index (χ0v) is 11.5. The molecule has 0 bridgehead atoms. The smallest absolute Gasteiger partial charge is 0.239 e. The molecule has 5 heteroatoms. The fraction of sp³-hybridized carbons (Fsp3) is 0.533. The van der Waals surface area contributed by atoms with Gasteiger partial charge in [0.05, 0.1) is 6.54 Å². The fourth-order valence-corrected chi connectivity index (χ4v) is 2.56. The Kier molecular flexibility index (Phi) is 3.87. The summed E-state index contributed by atoms with van der Waals surface area (Å²) < 4.78 is 13.5. The van der Waals surface area contributed by atoms with Gasteiger partial charge in [-0.25, -0.2) is 4.39 Å². The largest absolute Gasteiger partial charge is 0.362 e. The van der Waals surface area contributed by atoms with Gasteiger partial charge in [0.25, 0.3) is 0 Å². The van der Waals surface area contributed by atoms with Gasteiger partial charge in [0.2, 0.25) is 5.91 Å². The van der Waals surface area contributed by atoms with Gasteiger partial charge < -0.3 is 15.5 Å².